The highest BCUT2D eigenvalue weighted by Crippen LogP contribution is 2.32. The van der Waals surface area contributed by atoms with Crippen LogP contribution in [0.15, 0.2) is 24.4 Å². The van der Waals surface area contributed by atoms with Gasteiger partial charge in [0.2, 0.25) is 0 Å². The maximum atomic E-state index is 4.38. The summed E-state index contributed by atoms with van der Waals surface area (Å²) in [5.41, 5.74) is 5.25. The van der Waals surface area contributed by atoms with Crippen LogP contribution in [0.1, 0.15) is 17.8 Å². The van der Waals surface area contributed by atoms with Gasteiger partial charge in [-0.2, -0.15) is 0 Å². The third kappa shape index (κ3) is 1.62. The monoisotopic (exact) mass is 227 g/mol. The summed E-state index contributed by atoms with van der Waals surface area (Å²) in [6.45, 7) is 3.12. The molecule has 0 bridgehead atoms. The van der Waals surface area contributed by atoms with E-state index in [0.717, 1.165) is 18.8 Å². The quantitative estimate of drug-likeness (QED) is 0.811. The molecule has 0 aliphatic carbocycles. The molecule has 1 aliphatic rings. The zero-order chi connectivity index (χ0) is 11.8. The molecule has 2 heterocycles. The van der Waals surface area contributed by atoms with E-state index in [-0.39, 0.29) is 0 Å². The van der Waals surface area contributed by atoms with E-state index >= 15 is 0 Å². The van der Waals surface area contributed by atoms with Gasteiger partial charge in [-0.25, -0.2) is 4.98 Å². The van der Waals surface area contributed by atoms with Crippen molar-refractivity contribution in [2.45, 2.75) is 19.8 Å². The van der Waals surface area contributed by atoms with E-state index in [1.54, 1.807) is 0 Å². The molecule has 1 aromatic heterocycles. The third-order valence-corrected chi connectivity index (χ3v) is 3.59. The topological polar surface area (TPSA) is 29.9 Å². The Hall–Kier alpha value is -1.77. The number of hydrogen-bond donors (Lipinski definition) is 1. The molecule has 1 aromatic carbocycles. The predicted molar refractivity (Wildman–Crippen MR) is 70.2 cm³/mol. The minimum absolute atomic E-state index is 1.06. The average molecular weight is 227 g/mol. The van der Waals surface area contributed by atoms with Gasteiger partial charge in [0.15, 0.2) is 0 Å². The first-order valence-corrected chi connectivity index (χ1v) is 6.12. The molecular weight excluding hydrogens is 210 g/mol. The Morgan fingerprint density at radius 3 is 3.00 bits per heavy atom. The fourth-order valence-corrected chi connectivity index (χ4v) is 2.50. The van der Waals surface area contributed by atoms with E-state index in [0.29, 0.717) is 0 Å². The highest BCUT2D eigenvalue weighted by atomic mass is 15.1. The highest BCUT2D eigenvalue weighted by Gasteiger charge is 2.15. The summed E-state index contributed by atoms with van der Waals surface area (Å²) in [6.07, 6.45) is 4.34. The van der Waals surface area contributed by atoms with E-state index in [1.807, 2.05) is 13.1 Å². The molecular formula is C14H17N3. The lowest BCUT2D eigenvalue weighted by Crippen LogP contribution is -2.12. The van der Waals surface area contributed by atoms with Crippen LogP contribution in [0, 0.1) is 6.92 Å². The van der Waals surface area contributed by atoms with Gasteiger partial charge in [0.05, 0.1) is 11.9 Å². The van der Waals surface area contributed by atoms with Crippen molar-refractivity contribution >= 4 is 5.69 Å². The van der Waals surface area contributed by atoms with Crippen LogP contribution >= 0.6 is 0 Å². The fourth-order valence-electron chi connectivity index (χ4n) is 2.50. The number of imidazole rings is 1. The number of hydrogen-bond acceptors (Lipinski definition) is 2. The molecule has 3 nitrogen and oxygen atoms in total. The molecule has 1 N–H and O–H groups in total. The Morgan fingerprint density at radius 2 is 2.24 bits per heavy atom. The Bertz CT molecular complexity index is 555. The fraction of sp³-hybridized carbons (Fsp3) is 0.357. The maximum absolute atomic E-state index is 4.38. The van der Waals surface area contributed by atoms with Crippen molar-refractivity contribution in [2.24, 2.45) is 7.05 Å². The third-order valence-electron chi connectivity index (χ3n) is 3.59. The molecule has 0 radical (unpaired) electrons. The SMILES string of the molecule is Cc1ncc(-c2cccc3c2CCCN3)n1C. The van der Waals surface area contributed by atoms with Gasteiger partial charge < -0.3 is 9.88 Å². The number of aromatic nitrogens is 2. The standard InChI is InChI=1S/C14H17N3/c1-10-16-9-14(17(10)2)12-5-3-7-13-11(12)6-4-8-15-13/h3,5,7,9,15H,4,6,8H2,1-2H3. The molecule has 0 saturated heterocycles. The summed E-state index contributed by atoms with van der Waals surface area (Å²) in [5.74, 6) is 1.06. The van der Waals surface area contributed by atoms with E-state index < -0.39 is 0 Å². The van der Waals surface area contributed by atoms with Gasteiger partial charge in [0, 0.05) is 24.8 Å². The number of rotatable bonds is 1. The van der Waals surface area contributed by atoms with Crippen molar-refractivity contribution in [1.82, 2.24) is 9.55 Å². The molecule has 3 heteroatoms. The first-order valence-electron chi connectivity index (χ1n) is 6.12. The molecule has 0 fully saturated rings. The molecule has 17 heavy (non-hydrogen) atoms. The minimum atomic E-state index is 1.06. The van der Waals surface area contributed by atoms with Crippen molar-refractivity contribution in [3.63, 3.8) is 0 Å². The largest absolute Gasteiger partial charge is 0.385 e. The zero-order valence-corrected chi connectivity index (χ0v) is 10.3. The molecule has 3 rings (SSSR count). The second kappa shape index (κ2) is 3.91. The van der Waals surface area contributed by atoms with Crippen LogP contribution in [0.2, 0.25) is 0 Å². The molecule has 2 aromatic rings. The smallest absolute Gasteiger partial charge is 0.105 e. The van der Waals surface area contributed by atoms with Crippen LogP contribution in [0.3, 0.4) is 0 Å². The summed E-state index contributed by atoms with van der Waals surface area (Å²) in [7, 11) is 2.08. The summed E-state index contributed by atoms with van der Waals surface area (Å²) < 4.78 is 2.16. The van der Waals surface area contributed by atoms with E-state index in [2.05, 4.69) is 40.1 Å². The minimum Gasteiger partial charge on any atom is -0.385 e. The maximum Gasteiger partial charge on any atom is 0.105 e. The Morgan fingerprint density at radius 1 is 1.35 bits per heavy atom. The lowest BCUT2D eigenvalue weighted by Gasteiger charge is -2.21. The van der Waals surface area contributed by atoms with Gasteiger partial charge in [-0.1, -0.05) is 12.1 Å². The van der Waals surface area contributed by atoms with Gasteiger partial charge in [-0.15, -0.1) is 0 Å². The number of anilines is 1. The lowest BCUT2D eigenvalue weighted by molar-refractivity contribution is 0.825. The van der Waals surface area contributed by atoms with Crippen molar-refractivity contribution in [2.75, 3.05) is 11.9 Å². The van der Waals surface area contributed by atoms with Gasteiger partial charge in [-0.3, -0.25) is 0 Å². The van der Waals surface area contributed by atoms with Crippen molar-refractivity contribution in [1.29, 1.82) is 0 Å². The number of nitrogens with one attached hydrogen (secondary N) is 1. The van der Waals surface area contributed by atoms with Gasteiger partial charge in [-0.05, 0) is 31.4 Å². The van der Waals surface area contributed by atoms with Crippen LogP contribution in [-0.4, -0.2) is 16.1 Å². The summed E-state index contributed by atoms with van der Waals surface area (Å²) in [6, 6.07) is 6.48. The van der Waals surface area contributed by atoms with Crippen LogP contribution in [0.4, 0.5) is 5.69 Å². The normalized spacial score (nSPS) is 14.2. The van der Waals surface area contributed by atoms with Crippen molar-refractivity contribution < 1.29 is 0 Å². The zero-order valence-electron chi connectivity index (χ0n) is 10.3. The second-order valence-corrected chi connectivity index (χ2v) is 4.61. The van der Waals surface area contributed by atoms with Gasteiger partial charge in [0.1, 0.15) is 5.82 Å². The Balaban J connectivity index is 2.18. The van der Waals surface area contributed by atoms with Crippen molar-refractivity contribution in [3.8, 4) is 11.3 Å². The number of benzene rings is 1. The van der Waals surface area contributed by atoms with E-state index in [4.69, 9.17) is 0 Å². The van der Waals surface area contributed by atoms with Gasteiger partial charge >= 0.3 is 0 Å². The Kier molecular flexibility index (Phi) is 2.39. The molecule has 1 aliphatic heterocycles. The summed E-state index contributed by atoms with van der Waals surface area (Å²) in [5, 5.41) is 3.47. The van der Waals surface area contributed by atoms with Crippen molar-refractivity contribution in [3.05, 3.63) is 35.8 Å². The molecule has 0 saturated carbocycles. The second-order valence-electron chi connectivity index (χ2n) is 4.61. The number of aryl methyl sites for hydroxylation is 1. The molecule has 0 amide bonds. The van der Waals surface area contributed by atoms with Crippen LogP contribution in [0.5, 0.6) is 0 Å². The molecule has 88 valence electrons. The van der Waals surface area contributed by atoms with Crippen LogP contribution in [0.25, 0.3) is 11.3 Å². The lowest BCUT2D eigenvalue weighted by atomic mass is 9.96. The van der Waals surface area contributed by atoms with Crippen LogP contribution in [-0.2, 0) is 13.5 Å². The summed E-state index contributed by atoms with van der Waals surface area (Å²) >= 11 is 0. The predicted octanol–water partition coefficient (Wildman–Crippen LogP) is 2.75. The van der Waals surface area contributed by atoms with Gasteiger partial charge in [0.25, 0.3) is 0 Å². The van der Waals surface area contributed by atoms with Crippen LogP contribution < -0.4 is 5.32 Å². The first-order chi connectivity index (χ1) is 8.27. The van der Waals surface area contributed by atoms with E-state index in [1.165, 1.54) is 28.9 Å². The molecule has 0 spiro atoms. The Labute approximate surface area is 101 Å². The number of fused-ring (bicyclic) bond motifs is 1. The molecule has 0 unspecified atom stereocenters. The molecule has 0 atom stereocenters. The summed E-state index contributed by atoms with van der Waals surface area (Å²) in [4.78, 5) is 4.38. The first kappa shape index (κ1) is 10.4. The highest BCUT2D eigenvalue weighted by molar-refractivity contribution is 5.72. The average Bonchev–Trinajstić information content (AvgIpc) is 2.69. The number of nitrogens with zero attached hydrogens (tertiary/aromatic N) is 2. The van der Waals surface area contributed by atoms with E-state index in [9.17, 15) is 0 Å².